The highest BCUT2D eigenvalue weighted by atomic mass is 32.2. The number of imide groups is 1. The molecule has 2 aromatic rings. The maximum absolute atomic E-state index is 12.5. The zero-order valence-electron chi connectivity index (χ0n) is 14.8. The molecule has 0 saturated carbocycles. The lowest BCUT2D eigenvalue weighted by Gasteiger charge is -2.13. The second kappa shape index (κ2) is 8.23. The van der Waals surface area contributed by atoms with E-state index in [0.717, 1.165) is 23.1 Å². The van der Waals surface area contributed by atoms with Gasteiger partial charge in [0.15, 0.2) is 0 Å². The Hall–Kier alpha value is -2.53. The van der Waals surface area contributed by atoms with E-state index >= 15 is 0 Å². The van der Waals surface area contributed by atoms with E-state index in [-0.39, 0.29) is 24.3 Å². The number of hydrogen-bond donors (Lipinski definition) is 0. The lowest BCUT2D eigenvalue weighted by atomic mass is 10.0. The Balaban J connectivity index is 1.62. The average Bonchev–Trinajstić information content (AvgIpc) is 2.90. The molecule has 26 heavy (non-hydrogen) atoms. The molecule has 0 radical (unpaired) electrons. The molecule has 0 bridgehead atoms. The van der Waals surface area contributed by atoms with Crippen molar-refractivity contribution in [3.8, 4) is 5.75 Å². The first-order valence-corrected chi connectivity index (χ1v) is 9.39. The van der Waals surface area contributed by atoms with Gasteiger partial charge in [-0.15, -0.1) is 0 Å². The van der Waals surface area contributed by atoms with Gasteiger partial charge in [0.05, 0.1) is 11.4 Å². The minimum atomic E-state index is -0.260. The molecule has 4 nitrogen and oxygen atoms in total. The third-order valence-electron chi connectivity index (χ3n) is 4.10. The zero-order chi connectivity index (χ0) is 18.5. The van der Waals surface area contributed by atoms with Crippen molar-refractivity contribution in [1.29, 1.82) is 0 Å². The largest absolute Gasteiger partial charge is 0.492 e. The van der Waals surface area contributed by atoms with Gasteiger partial charge in [-0.2, -0.15) is 0 Å². The van der Waals surface area contributed by atoms with Gasteiger partial charge in [0.2, 0.25) is 0 Å². The molecule has 1 heterocycles. The number of carbonyl (C=O) groups excluding carboxylic acids is 2. The van der Waals surface area contributed by atoms with E-state index in [9.17, 15) is 9.59 Å². The van der Waals surface area contributed by atoms with Crippen molar-refractivity contribution in [3.05, 3.63) is 70.6 Å². The third-order valence-corrected chi connectivity index (χ3v) is 5.01. The maximum atomic E-state index is 12.5. The number of rotatable bonds is 6. The molecule has 2 aromatic carbocycles. The summed E-state index contributed by atoms with van der Waals surface area (Å²) in [6.45, 7) is 4.79. The Morgan fingerprint density at radius 2 is 1.73 bits per heavy atom. The van der Waals surface area contributed by atoms with Gasteiger partial charge < -0.3 is 4.74 Å². The topological polar surface area (TPSA) is 46.6 Å². The SMILES string of the molecule is CC(C)c1ccc(/C=C2\SC(=O)N(CCOc3ccccc3)C2=O)cc1. The smallest absolute Gasteiger partial charge is 0.293 e. The van der Waals surface area contributed by atoms with Crippen LogP contribution in [-0.2, 0) is 4.79 Å². The highest BCUT2D eigenvalue weighted by Gasteiger charge is 2.34. The molecule has 0 unspecified atom stereocenters. The standard InChI is InChI=1S/C21H21NO3S/c1-15(2)17-10-8-16(9-11-17)14-19-20(23)22(21(24)26-19)12-13-25-18-6-4-3-5-7-18/h3-11,14-15H,12-13H2,1-2H3/b19-14-. The average molecular weight is 367 g/mol. The minimum Gasteiger partial charge on any atom is -0.492 e. The molecule has 3 rings (SSSR count). The van der Waals surface area contributed by atoms with Gasteiger partial charge in [-0.1, -0.05) is 56.3 Å². The Morgan fingerprint density at radius 3 is 2.38 bits per heavy atom. The van der Waals surface area contributed by atoms with Crippen molar-refractivity contribution in [2.45, 2.75) is 19.8 Å². The Kier molecular flexibility index (Phi) is 5.78. The molecule has 5 heteroatoms. The minimum absolute atomic E-state index is 0.239. The first-order chi connectivity index (χ1) is 12.5. The van der Waals surface area contributed by atoms with Gasteiger partial charge in [0.25, 0.3) is 11.1 Å². The van der Waals surface area contributed by atoms with Crippen LogP contribution in [0, 0.1) is 0 Å². The summed E-state index contributed by atoms with van der Waals surface area (Å²) in [4.78, 5) is 26.3. The monoisotopic (exact) mass is 367 g/mol. The van der Waals surface area contributed by atoms with E-state index in [0.29, 0.717) is 10.8 Å². The van der Waals surface area contributed by atoms with E-state index < -0.39 is 0 Å². The quantitative estimate of drug-likeness (QED) is 0.680. The first-order valence-electron chi connectivity index (χ1n) is 8.58. The van der Waals surface area contributed by atoms with Crippen LogP contribution in [0.4, 0.5) is 4.79 Å². The van der Waals surface area contributed by atoms with Crippen LogP contribution in [0.5, 0.6) is 5.75 Å². The van der Waals surface area contributed by atoms with Gasteiger partial charge in [-0.25, -0.2) is 0 Å². The molecule has 1 saturated heterocycles. The van der Waals surface area contributed by atoms with E-state index in [1.54, 1.807) is 6.08 Å². The van der Waals surface area contributed by atoms with Crippen LogP contribution in [-0.4, -0.2) is 29.2 Å². The molecule has 1 aliphatic heterocycles. The summed E-state index contributed by atoms with van der Waals surface area (Å²) in [7, 11) is 0. The number of ether oxygens (including phenoxy) is 1. The molecule has 0 aromatic heterocycles. The van der Waals surface area contributed by atoms with E-state index in [1.165, 1.54) is 10.5 Å². The number of thioether (sulfide) groups is 1. The first kappa shape index (κ1) is 18.3. The van der Waals surface area contributed by atoms with Crippen LogP contribution in [0.3, 0.4) is 0 Å². The summed E-state index contributed by atoms with van der Waals surface area (Å²) in [6.07, 6.45) is 1.77. The highest BCUT2D eigenvalue weighted by Crippen LogP contribution is 2.32. The zero-order valence-corrected chi connectivity index (χ0v) is 15.7. The van der Waals surface area contributed by atoms with Crippen molar-refractivity contribution in [1.82, 2.24) is 4.90 Å². The normalized spacial score (nSPS) is 16.0. The molecule has 1 fully saturated rings. The third kappa shape index (κ3) is 4.35. The fourth-order valence-corrected chi connectivity index (χ4v) is 3.46. The number of benzene rings is 2. The lowest BCUT2D eigenvalue weighted by molar-refractivity contribution is -0.123. The van der Waals surface area contributed by atoms with E-state index in [4.69, 9.17) is 4.74 Å². The predicted molar refractivity (Wildman–Crippen MR) is 105 cm³/mol. The van der Waals surface area contributed by atoms with Gasteiger partial charge in [-0.3, -0.25) is 14.5 Å². The number of amides is 2. The molecule has 134 valence electrons. The van der Waals surface area contributed by atoms with Gasteiger partial charge in [0.1, 0.15) is 12.4 Å². The van der Waals surface area contributed by atoms with Crippen LogP contribution in [0.25, 0.3) is 6.08 Å². The van der Waals surface area contributed by atoms with Crippen molar-refractivity contribution >= 4 is 29.0 Å². The van der Waals surface area contributed by atoms with Gasteiger partial charge >= 0.3 is 0 Å². The fourth-order valence-electron chi connectivity index (χ4n) is 2.59. The van der Waals surface area contributed by atoms with Crippen LogP contribution < -0.4 is 4.74 Å². The Labute approximate surface area is 157 Å². The molecule has 2 amide bonds. The number of para-hydroxylation sites is 1. The second-order valence-electron chi connectivity index (χ2n) is 6.32. The summed E-state index contributed by atoms with van der Waals surface area (Å²) < 4.78 is 5.58. The molecular weight excluding hydrogens is 346 g/mol. The summed E-state index contributed by atoms with van der Waals surface area (Å²) in [5.41, 5.74) is 2.16. The van der Waals surface area contributed by atoms with Gasteiger partial charge in [0, 0.05) is 0 Å². The van der Waals surface area contributed by atoms with Gasteiger partial charge in [-0.05, 0) is 47.0 Å². The van der Waals surface area contributed by atoms with Crippen LogP contribution in [0.15, 0.2) is 59.5 Å². The Bertz CT molecular complexity index is 813. The summed E-state index contributed by atoms with van der Waals surface area (Å²) in [5, 5.41) is -0.253. The maximum Gasteiger partial charge on any atom is 0.293 e. The molecule has 0 aliphatic carbocycles. The molecule has 0 atom stereocenters. The highest BCUT2D eigenvalue weighted by molar-refractivity contribution is 8.18. The van der Waals surface area contributed by atoms with Crippen molar-refractivity contribution in [2.24, 2.45) is 0 Å². The Morgan fingerprint density at radius 1 is 1.04 bits per heavy atom. The summed E-state index contributed by atoms with van der Waals surface area (Å²) in [5.74, 6) is 0.922. The molecule has 1 aliphatic rings. The van der Waals surface area contributed by atoms with Crippen LogP contribution in [0.1, 0.15) is 30.9 Å². The van der Waals surface area contributed by atoms with E-state index in [2.05, 4.69) is 26.0 Å². The number of carbonyl (C=O) groups is 2. The lowest BCUT2D eigenvalue weighted by Crippen LogP contribution is -2.32. The molecule has 0 N–H and O–H groups in total. The predicted octanol–water partition coefficient (Wildman–Crippen LogP) is 4.93. The number of hydrogen-bond acceptors (Lipinski definition) is 4. The van der Waals surface area contributed by atoms with Crippen LogP contribution in [0.2, 0.25) is 0 Å². The fraction of sp³-hybridized carbons (Fsp3) is 0.238. The van der Waals surface area contributed by atoms with Crippen molar-refractivity contribution in [3.63, 3.8) is 0 Å². The summed E-state index contributed by atoms with van der Waals surface area (Å²) in [6, 6.07) is 17.4. The molecule has 0 spiro atoms. The van der Waals surface area contributed by atoms with Crippen molar-refractivity contribution in [2.75, 3.05) is 13.2 Å². The number of nitrogens with zero attached hydrogens (tertiary/aromatic N) is 1. The molecular formula is C21H21NO3S. The summed E-state index contributed by atoms with van der Waals surface area (Å²) >= 11 is 0.976. The van der Waals surface area contributed by atoms with Crippen LogP contribution >= 0.6 is 11.8 Å². The van der Waals surface area contributed by atoms with E-state index in [1.807, 2.05) is 42.5 Å². The second-order valence-corrected chi connectivity index (χ2v) is 7.31. The van der Waals surface area contributed by atoms with Crippen molar-refractivity contribution < 1.29 is 14.3 Å².